The molecule has 1 unspecified atom stereocenters. The predicted octanol–water partition coefficient (Wildman–Crippen LogP) is 0.643. The smallest absolute Gasteiger partial charge is 0.215 e. The zero-order valence-corrected chi connectivity index (χ0v) is 10.7. The van der Waals surface area contributed by atoms with Crippen LogP contribution in [0.25, 0.3) is 0 Å². The van der Waals surface area contributed by atoms with Crippen molar-refractivity contribution in [2.45, 2.75) is 27.2 Å². The Balaban J connectivity index is 2.65. The molecule has 1 heterocycles. The summed E-state index contributed by atoms with van der Waals surface area (Å²) in [5, 5.41) is 0. The second-order valence-electron chi connectivity index (χ2n) is 5.31. The monoisotopic (exact) mass is 234 g/mol. The van der Waals surface area contributed by atoms with Crippen molar-refractivity contribution in [2.24, 2.45) is 17.1 Å². The summed E-state index contributed by atoms with van der Waals surface area (Å²) >= 11 is 0. The first-order valence-corrected chi connectivity index (χ1v) is 7.06. The largest absolute Gasteiger partial charge is 0.329 e. The Kier molecular flexibility index (Phi) is 3.79. The van der Waals surface area contributed by atoms with Crippen molar-refractivity contribution in [2.75, 3.05) is 25.4 Å². The van der Waals surface area contributed by atoms with Crippen LogP contribution in [0.3, 0.4) is 0 Å². The molecule has 4 nitrogen and oxygen atoms in total. The first-order chi connectivity index (χ1) is 6.77. The lowest BCUT2D eigenvalue weighted by Crippen LogP contribution is -2.34. The minimum Gasteiger partial charge on any atom is -0.329 e. The van der Waals surface area contributed by atoms with Gasteiger partial charge in [0.2, 0.25) is 10.0 Å². The summed E-state index contributed by atoms with van der Waals surface area (Å²) < 4.78 is 25.1. The van der Waals surface area contributed by atoms with E-state index < -0.39 is 10.0 Å². The van der Waals surface area contributed by atoms with Crippen molar-refractivity contribution in [3.8, 4) is 0 Å². The van der Waals surface area contributed by atoms with Crippen LogP contribution in [0.1, 0.15) is 27.2 Å². The van der Waals surface area contributed by atoms with Crippen molar-refractivity contribution in [3.63, 3.8) is 0 Å². The van der Waals surface area contributed by atoms with E-state index in [1.165, 1.54) is 0 Å². The van der Waals surface area contributed by atoms with Gasteiger partial charge in [0.15, 0.2) is 0 Å². The maximum absolute atomic E-state index is 11.8. The number of hydrogen-bond acceptors (Lipinski definition) is 3. The summed E-state index contributed by atoms with van der Waals surface area (Å²) in [5.41, 5.74) is 5.48. The van der Waals surface area contributed by atoms with Gasteiger partial charge in [-0.3, -0.25) is 0 Å². The fourth-order valence-corrected chi connectivity index (χ4v) is 3.31. The van der Waals surface area contributed by atoms with Crippen molar-refractivity contribution in [1.29, 1.82) is 0 Å². The Morgan fingerprint density at radius 3 is 2.40 bits per heavy atom. The molecule has 90 valence electrons. The molecule has 1 saturated heterocycles. The van der Waals surface area contributed by atoms with E-state index in [0.717, 1.165) is 6.42 Å². The fourth-order valence-electron chi connectivity index (χ4n) is 1.97. The first-order valence-electron chi connectivity index (χ1n) is 5.45. The zero-order valence-electron chi connectivity index (χ0n) is 9.86. The van der Waals surface area contributed by atoms with Gasteiger partial charge in [0.05, 0.1) is 5.75 Å². The second kappa shape index (κ2) is 4.39. The minimum absolute atomic E-state index is 0.0733. The summed E-state index contributed by atoms with van der Waals surface area (Å²) in [7, 11) is -3.09. The third kappa shape index (κ3) is 3.16. The third-order valence-electron chi connectivity index (χ3n) is 3.14. The van der Waals surface area contributed by atoms with Crippen molar-refractivity contribution < 1.29 is 8.42 Å². The highest BCUT2D eigenvalue weighted by Gasteiger charge is 2.36. The van der Waals surface area contributed by atoms with Crippen molar-refractivity contribution in [1.82, 2.24) is 4.31 Å². The molecule has 0 aromatic heterocycles. The summed E-state index contributed by atoms with van der Waals surface area (Å²) in [6, 6.07) is 0. The van der Waals surface area contributed by atoms with Crippen molar-refractivity contribution in [3.05, 3.63) is 0 Å². The van der Waals surface area contributed by atoms with Gasteiger partial charge in [0.1, 0.15) is 0 Å². The van der Waals surface area contributed by atoms with E-state index in [1.54, 1.807) is 4.31 Å². The Morgan fingerprint density at radius 2 is 2.00 bits per heavy atom. The van der Waals surface area contributed by atoms with Gasteiger partial charge in [0.25, 0.3) is 0 Å². The lowest BCUT2D eigenvalue weighted by Gasteiger charge is -2.26. The molecule has 0 aromatic rings. The molecule has 2 N–H and O–H groups in total. The highest BCUT2D eigenvalue weighted by Crippen LogP contribution is 2.34. The van der Waals surface area contributed by atoms with Gasteiger partial charge in [-0.2, -0.15) is 0 Å². The number of rotatable bonds is 3. The molecule has 15 heavy (non-hydrogen) atoms. The number of sulfonamides is 1. The van der Waals surface area contributed by atoms with Crippen LogP contribution in [0.4, 0.5) is 0 Å². The Hall–Kier alpha value is -0.130. The van der Waals surface area contributed by atoms with Crippen molar-refractivity contribution >= 4 is 10.0 Å². The predicted molar refractivity (Wildman–Crippen MR) is 62.0 cm³/mol. The molecule has 0 aliphatic carbocycles. The van der Waals surface area contributed by atoms with E-state index in [9.17, 15) is 8.42 Å². The SMILES string of the molecule is CC(C)(C)C1CCN(S(=O)(=O)CCN)C1. The molecule has 0 radical (unpaired) electrons. The van der Waals surface area contributed by atoms with Gasteiger partial charge in [-0.15, -0.1) is 0 Å². The molecular formula is C10H22N2O2S. The Labute approximate surface area is 92.9 Å². The van der Waals surface area contributed by atoms with Gasteiger partial charge in [0, 0.05) is 19.6 Å². The Bertz CT molecular complexity index is 306. The topological polar surface area (TPSA) is 63.4 Å². The van der Waals surface area contributed by atoms with Crippen LogP contribution in [0.5, 0.6) is 0 Å². The maximum atomic E-state index is 11.8. The normalized spacial score (nSPS) is 24.7. The quantitative estimate of drug-likeness (QED) is 0.779. The van der Waals surface area contributed by atoms with Crippen LogP contribution < -0.4 is 5.73 Å². The standard InChI is InChI=1S/C10H22N2O2S/c1-10(2,3)9-4-6-12(8-9)15(13,14)7-5-11/h9H,4-8,11H2,1-3H3. The molecule has 1 fully saturated rings. The molecule has 0 saturated carbocycles. The number of nitrogens with two attached hydrogens (primary N) is 1. The van der Waals surface area contributed by atoms with Crippen LogP contribution in [0.2, 0.25) is 0 Å². The maximum Gasteiger partial charge on any atom is 0.215 e. The lowest BCUT2D eigenvalue weighted by atomic mass is 9.80. The van der Waals surface area contributed by atoms with Gasteiger partial charge in [-0.05, 0) is 17.8 Å². The second-order valence-corrected chi connectivity index (χ2v) is 7.40. The van der Waals surface area contributed by atoms with Gasteiger partial charge < -0.3 is 5.73 Å². The summed E-state index contributed by atoms with van der Waals surface area (Å²) in [5.74, 6) is 0.536. The third-order valence-corrected chi connectivity index (χ3v) is 5.01. The lowest BCUT2D eigenvalue weighted by molar-refractivity contribution is 0.252. The van der Waals surface area contributed by atoms with Gasteiger partial charge in [-0.25, -0.2) is 12.7 Å². The van der Waals surface area contributed by atoms with Crippen LogP contribution in [0, 0.1) is 11.3 Å². The number of nitrogens with zero attached hydrogens (tertiary/aromatic N) is 1. The molecule has 1 aliphatic heterocycles. The average Bonchev–Trinajstić information content (AvgIpc) is 2.50. The van der Waals surface area contributed by atoms with E-state index in [-0.39, 0.29) is 17.7 Å². The molecule has 1 rings (SSSR count). The zero-order chi connectivity index (χ0) is 11.7. The minimum atomic E-state index is -3.09. The van der Waals surface area contributed by atoms with E-state index in [2.05, 4.69) is 20.8 Å². The van der Waals surface area contributed by atoms with E-state index >= 15 is 0 Å². The summed E-state index contributed by atoms with van der Waals surface area (Å²) in [6.07, 6.45) is 0.966. The Morgan fingerprint density at radius 1 is 1.40 bits per heavy atom. The fraction of sp³-hybridized carbons (Fsp3) is 1.00. The van der Waals surface area contributed by atoms with E-state index in [0.29, 0.717) is 19.0 Å². The molecule has 5 heteroatoms. The van der Waals surface area contributed by atoms with E-state index in [4.69, 9.17) is 5.73 Å². The number of hydrogen-bond donors (Lipinski definition) is 1. The molecule has 1 aliphatic rings. The highest BCUT2D eigenvalue weighted by molar-refractivity contribution is 7.89. The molecule has 0 spiro atoms. The van der Waals surface area contributed by atoms with Crippen LogP contribution >= 0.6 is 0 Å². The first kappa shape index (κ1) is 12.9. The van der Waals surface area contributed by atoms with Crippen LogP contribution in [-0.4, -0.2) is 38.1 Å². The van der Waals surface area contributed by atoms with Gasteiger partial charge >= 0.3 is 0 Å². The molecule has 1 atom stereocenters. The molecular weight excluding hydrogens is 212 g/mol. The molecule has 0 amide bonds. The highest BCUT2D eigenvalue weighted by atomic mass is 32.2. The summed E-state index contributed by atoms with van der Waals surface area (Å²) in [4.78, 5) is 0. The van der Waals surface area contributed by atoms with Gasteiger partial charge in [-0.1, -0.05) is 20.8 Å². The van der Waals surface area contributed by atoms with E-state index in [1.807, 2.05) is 0 Å². The average molecular weight is 234 g/mol. The van der Waals surface area contributed by atoms with Crippen LogP contribution in [-0.2, 0) is 10.0 Å². The molecule has 0 aromatic carbocycles. The molecule has 0 bridgehead atoms. The van der Waals surface area contributed by atoms with Crippen LogP contribution in [0.15, 0.2) is 0 Å². The summed E-state index contributed by atoms with van der Waals surface area (Å²) in [6.45, 7) is 8.01.